The minimum absolute atomic E-state index is 0.0661. The van der Waals surface area contributed by atoms with Crippen molar-refractivity contribution in [2.75, 3.05) is 26.7 Å². The van der Waals surface area contributed by atoms with Gasteiger partial charge in [-0.3, -0.25) is 9.69 Å². The second-order valence-electron chi connectivity index (χ2n) is 4.93. The summed E-state index contributed by atoms with van der Waals surface area (Å²) in [7, 11) is 1.70. The first-order valence-electron chi connectivity index (χ1n) is 6.99. The number of aryl methyl sites for hydroxylation is 1. The summed E-state index contributed by atoms with van der Waals surface area (Å²) in [6, 6.07) is 8.43. The molecule has 1 amide bonds. The maximum absolute atomic E-state index is 11.9. The minimum Gasteiger partial charge on any atom is -0.358 e. The summed E-state index contributed by atoms with van der Waals surface area (Å²) in [6.45, 7) is 5.61. The standard InChI is InChI=1S/C15H23N3O/c1-3-12-6-4-5-7-13(12)11-18-9-8-17-10-14(18)15(19)16-2/h4-7,14,17H,3,8-11H2,1-2H3,(H,16,19). The van der Waals surface area contributed by atoms with Crippen molar-refractivity contribution >= 4 is 5.91 Å². The maximum Gasteiger partial charge on any atom is 0.238 e. The zero-order valence-corrected chi connectivity index (χ0v) is 11.8. The number of amides is 1. The van der Waals surface area contributed by atoms with E-state index in [0.717, 1.165) is 32.6 Å². The highest BCUT2D eigenvalue weighted by atomic mass is 16.2. The van der Waals surface area contributed by atoms with Gasteiger partial charge in [-0.15, -0.1) is 0 Å². The summed E-state index contributed by atoms with van der Waals surface area (Å²) in [5.41, 5.74) is 2.71. The molecule has 1 atom stereocenters. The highest BCUT2D eigenvalue weighted by Gasteiger charge is 2.27. The number of carbonyl (C=O) groups is 1. The molecule has 1 aromatic rings. The average molecular weight is 261 g/mol. The summed E-state index contributed by atoms with van der Waals surface area (Å²) >= 11 is 0. The lowest BCUT2D eigenvalue weighted by molar-refractivity contribution is -0.126. The van der Waals surface area contributed by atoms with E-state index in [2.05, 4.69) is 46.7 Å². The predicted octanol–water partition coefficient (Wildman–Crippen LogP) is 0.769. The molecule has 0 saturated carbocycles. The molecule has 2 N–H and O–H groups in total. The monoisotopic (exact) mass is 261 g/mol. The van der Waals surface area contributed by atoms with Gasteiger partial charge in [0.2, 0.25) is 5.91 Å². The maximum atomic E-state index is 11.9. The van der Waals surface area contributed by atoms with Crippen LogP contribution in [0.1, 0.15) is 18.1 Å². The van der Waals surface area contributed by atoms with E-state index in [1.54, 1.807) is 7.05 Å². The molecule has 104 valence electrons. The van der Waals surface area contributed by atoms with E-state index in [9.17, 15) is 4.79 Å². The Morgan fingerprint density at radius 2 is 2.16 bits per heavy atom. The Hall–Kier alpha value is -1.39. The molecular formula is C15H23N3O. The molecule has 2 rings (SSSR count). The number of nitrogens with zero attached hydrogens (tertiary/aromatic N) is 1. The van der Waals surface area contributed by atoms with Gasteiger partial charge in [0.25, 0.3) is 0 Å². The molecule has 0 radical (unpaired) electrons. The SMILES string of the molecule is CCc1ccccc1CN1CCNCC1C(=O)NC. The molecule has 1 saturated heterocycles. The molecule has 1 fully saturated rings. The van der Waals surface area contributed by atoms with Gasteiger partial charge in [-0.25, -0.2) is 0 Å². The van der Waals surface area contributed by atoms with Crippen LogP contribution in [0.25, 0.3) is 0 Å². The Labute approximate surface area is 115 Å². The zero-order valence-electron chi connectivity index (χ0n) is 11.8. The Morgan fingerprint density at radius 3 is 2.84 bits per heavy atom. The van der Waals surface area contributed by atoms with Gasteiger partial charge < -0.3 is 10.6 Å². The molecule has 0 spiro atoms. The topological polar surface area (TPSA) is 44.4 Å². The van der Waals surface area contributed by atoms with Crippen molar-refractivity contribution in [2.24, 2.45) is 0 Å². The van der Waals surface area contributed by atoms with E-state index in [0.29, 0.717) is 0 Å². The fourth-order valence-corrected chi connectivity index (χ4v) is 2.64. The van der Waals surface area contributed by atoms with Crippen molar-refractivity contribution in [1.82, 2.24) is 15.5 Å². The van der Waals surface area contributed by atoms with Crippen LogP contribution in [-0.4, -0.2) is 43.5 Å². The first-order chi connectivity index (χ1) is 9.26. The second-order valence-corrected chi connectivity index (χ2v) is 4.93. The van der Waals surface area contributed by atoms with E-state index in [1.807, 2.05) is 0 Å². The number of nitrogens with one attached hydrogen (secondary N) is 2. The van der Waals surface area contributed by atoms with Crippen molar-refractivity contribution < 1.29 is 4.79 Å². The van der Waals surface area contributed by atoms with Crippen molar-refractivity contribution in [1.29, 1.82) is 0 Å². The fourth-order valence-electron chi connectivity index (χ4n) is 2.64. The van der Waals surface area contributed by atoms with Gasteiger partial charge in [0.1, 0.15) is 6.04 Å². The number of rotatable bonds is 4. The van der Waals surface area contributed by atoms with Crippen LogP contribution in [0.3, 0.4) is 0 Å². The molecule has 0 aliphatic carbocycles. The number of carbonyl (C=O) groups excluding carboxylic acids is 1. The Morgan fingerprint density at radius 1 is 1.42 bits per heavy atom. The molecule has 19 heavy (non-hydrogen) atoms. The van der Waals surface area contributed by atoms with Crippen LogP contribution < -0.4 is 10.6 Å². The van der Waals surface area contributed by atoms with Crippen LogP contribution in [0.15, 0.2) is 24.3 Å². The molecule has 0 aromatic heterocycles. The van der Waals surface area contributed by atoms with E-state index in [-0.39, 0.29) is 11.9 Å². The van der Waals surface area contributed by atoms with Gasteiger partial charge in [-0.1, -0.05) is 31.2 Å². The minimum atomic E-state index is -0.0661. The first-order valence-corrected chi connectivity index (χ1v) is 6.99. The van der Waals surface area contributed by atoms with Crippen molar-refractivity contribution in [3.8, 4) is 0 Å². The number of hydrogen-bond acceptors (Lipinski definition) is 3. The molecule has 1 unspecified atom stereocenters. The lowest BCUT2D eigenvalue weighted by atomic mass is 10.0. The van der Waals surface area contributed by atoms with Crippen LogP contribution in [-0.2, 0) is 17.8 Å². The van der Waals surface area contributed by atoms with Gasteiger partial charge in [0.05, 0.1) is 0 Å². The Balaban J connectivity index is 2.13. The van der Waals surface area contributed by atoms with Crippen molar-refractivity contribution in [3.05, 3.63) is 35.4 Å². The van der Waals surface area contributed by atoms with E-state index < -0.39 is 0 Å². The number of hydrogen-bond donors (Lipinski definition) is 2. The smallest absolute Gasteiger partial charge is 0.238 e. The Bertz CT molecular complexity index is 433. The lowest BCUT2D eigenvalue weighted by Gasteiger charge is -2.35. The highest BCUT2D eigenvalue weighted by molar-refractivity contribution is 5.81. The average Bonchev–Trinajstić information content (AvgIpc) is 2.47. The lowest BCUT2D eigenvalue weighted by Crippen LogP contribution is -2.56. The third kappa shape index (κ3) is 3.33. The quantitative estimate of drug-likeness (QED) is 0.841. The van der Waals surface area contributed by atoms with Crippen LogP contribution in [0.4, 0.5) is 0 Å². The molecule has 1 aliphatic rings. The van der Waals surface area contributed by atoms with Gasteiger partial charge >= 0.3 is 0 Å². The summed E-state index contributed by atoms with van der Waals surface area (Å²) < 4.78 is 0. The van der Waals surface area contributed by atoms with E-state index in [1.165, 1.54) is 11.1 Å². The van der Waals surface area contributed by atoms with Crippen LogP contribution >= 0.6 is 0 Å². The second kappa shape index (κ2) is 6.68. The molecule has 4 heteroatoms. The van der Waals surface area contributed by atoms with Gasteiger partial charge in [-0.2, -0.15) is 0 Å². The molecule has 4 nitrogen and oxygen atoms in total. The van der Waals surface area contributed by atoms with E-state index >= 15 is 0 Å². The zero-order chi connectivity index (χ0) is 13.7. The fraction of sp³-hybridized carbons (Fsp3) is 0.533. The highest BCUT2D eigenvalue weighted by Crippen LogP contribution is 2.15. The normalized spacial score (nSPS) is 20.2. The third-order valence-electron chi connectivity index (χ3n) is 3.78. The number of piperazine rings is 1. The largest absolute Gasteiger partial charge is 0.358 e. The van der Waals surface area contributed by atoms with E-state index in [4.69, 9.17) is 0 Å². The summed E-state index contributed by atoms with van der Waals surface area (Å²) in [4.78, 5) is 14.2. The summed E-state index contributed by atoms with van der Waals surface area (Å²) in [6.07, 6.45) is 1.03. The van der Waals surface area contributed by atoms with Crippen LogP contribution in [0.5, 0.6) is 0 Å². The van der Waals surface area contributed by atoms with Gasteiger partial charge in [0, 0.05) is 33.2 Å². The number of likely N-dealkylation sites (N-methyl/N-ethyl adjacent to an activating group) is 1. The predicted molar refractivity (Wildman–Crippen MR) is 77.0 cm³/mol. The molecule has 0 bridgehead atoms. The first kappa shape index (κ1) is 14.0. The molecule has 1 aromatic carbocycles. The molecule has 1 aliphatic heterocycles. The van der Waals surface area contributed by atoms with Crippen molar-refractivity contribution in [3.63, 3.8) is 0 Å². The number of benzene rings is 1. The van der Waals surface area contributed by atoms with Crippen molar-refractivity contribution in [2.45, 2.75) is 25.9 Å². The van der Waals surface area contributed by atoms with Gasteiger partial charge in [-0.05, 0) is 17.5 Å². The Kier molecular flexibility index (Phi) is 4.93. The molecule has 1 heterocycles. The summed E-state index contributed by atoms with van der Waals surface area (Å²) in [5, 5.41) is 6.05. The third-order valence-corrected chi connectivity index (χ3v) is 3.78. The molecular weight excluding hydrogens is 238 g/mol. The van der Waals surface area contributed by atoms with Crippen LogP contribution in [0, 0.1) is 0 Å². The summed E-state index contributed by atoms with van der Waals surface area (Å²) in [5.74, 6) is 0.0983. The van der Waals surface area contributed by atoms with Gasteiger partial charge in [0.15, 0.2) is 0 Å². The van der Waals surface area contributed by atoms with Crippen LogP contribution in [0.2, 0.25) is 0 Å².